The fraction of sp³-hybridized carbons (Fsp3) is 0.308. The van der Waals surface area contributed by atoms with Gasteiger partial charge in [0, 0.05) is 10.4 Å². The van der Waals surface area contributed by atoms with Crippen LogP contribution in [0.1, 0.15) is 16.0 Å². The molecule has 90 valence electrons. The predicted molar refractivity (Wildman–Crippen MR) is 72.7 cm³/mol. The molecule has 0 atom stereocenters. The molecule has 0 aliphatic carbocycles. The number of hydrogen-bond acceptors (Lipinski definition) is 4. The summed E-state index contributed by atoms with van der Waals surface area (Å²) < 4.78 is 5.42. The van der Waals surface area contributed by atoms with E-state index < -0.39 is 0 Å². The van der Waals surface area contributed by atoms with Crippen LogP contribution in [-0.2, 0) is 0 Å². The quantitative estimate of drug-likeness (QED) is 0.886. The lowest BCUT2D eigenvalue weighted by atomic mass is 10.0. The summed E-state index contributed by atoms with van der Waals surface area (Å²) in [6, 6.07) is 4.15. The highest BCUT2D eigenvalue weighted by Crippen LogP contribution is 2.36. The van der Waals surface area contributed by atoms with Gasteiger partial charge in [-0.15, -0.1) is 11.3 Å². The number of rotatable bonds is 2. The van der Waals surface area contributed by atoms with Crippen LogP contribution in [0, 0.1) is 20.8 Å². The molecule has 2 rings (SSSR count). The first-order valence-corrected chi connectivity index (χ1v) is 6.23. The van der Waals surface area contributed by atoms with E-state index in [4.69, 9.17) is 10.5 Å². The Hall–Kier alpha value is -1.55. The van der Waals surface area contributed by atoms with Crippen LogP contribution in [-0.4, -0.2) is 12.1 Å². The number of benzene rings is 1. The summed E-state index contributed by atoms with van der Waals surface area (Å²) in [7, 11) is 1.68. The first-order valence-electron chi connectivity index (χ1n) is 5.41. The number of nitrogen functional groups attached to an aromatic ring is 1. The molecule has 0 saturated carbocycles. The second-order valence-corrected chi connectivity index (χ2v) is 5.33. The molecule has 0 unspecified atom stereocenters. The molecule has 0 fully saturated rings. The minimum Gasteiger partial charge on any atom is -0.496 e. The van der Waals surface area contributed by atoms with Crippen molar-refractivity contribution in [1.29, 1.82) is 0 Å². The molecule has 0 aliphatic heterocycles. The predicted octanol–water partition coefficient (Wildman–Crippen LogP) is 3.33. The average Bonchev–Trinajstić information content (AvgIpc) is 2.61. The molecule has 0 bridgehead atoms. The maximum atomic E-state index is 5.74. The van der Waals surface area contributed by atoms with Crippen LogP contribution in [0.5, 0.6) is 5.75 Å². The summed E-state index contributed by atoms with van der Waals surface area (Å²) in [4.78, 5) is 5.49. The highest BCUT2D eigenvalue weighted by Gasteiger charge is 2.14. The Morgan fingerprint density at radius 1 is 1.18 bits per heavy atom. The van der Waals surface area contributed by atoms with Crippen molar-refractivity contribution in [3.05, 3.63) is 28.1 Å². The summed E-state index contributed by atoms with van der Waals surface area (Å²) >= 11 is 1.50. The first-order chi connectivity index (χ1) is 8.02. The molecule has 1 aromatic heterocycles. The van der Waals surface area contributed by atoms with Crippen LogP contribution in [0.15, 0.2) is 12.1 Å². The van der Waals surface area contributed by atoms with Gasteiger partial charge in [0.15, 0.2) is 5.13 Å². The van der Waals surface area contributed by atoms with E-state index in [1.165, 1.54) is 22.5 Å². The average molecular weight is 248 g/mol. The highest BCUT2D eigenvalue weighted by molar-refractivity contribution is 7.15. The lowest BCUT2D eigenvalue weighted by molar-refractivity contribution is 0.416. The van der Waals surface area contributed by atoms with Gasteiger partial charge in [-0.05, 0) is 44.0 Å². The van der Waals surface area contributed by atoms with E-state index in [2.05, 4.69) is 24.9 Å². The molecule has 0 saturated heterocycles. The van der Waals surface area contributed by atoms with Crippen LogP contribution < -0.4 is 10.5 Å². The van der Waals surface area contributed by atoms with Crippen molar-refractivity contribution in [1.82, 2.24) is 4.98 Å². The molecule has 1 aromatic carbocycles. The zero-order chi connectivity index (χ0) is 12.6. The summed E-state index contributed by atoms with van der Waals surface area (Å²) in [5.41, 5.74) is 10.1. The summed E-state index contributed by atoms with van der Waals surface area (Å²) in [5.74, 6) is 0.849. The maximum Gasteiger partial charge on any atom is 0.180 e. The topological polar surface area (TPSA) is 48.1 Å². The second-order valence-electron chi connectivity index (χ2n) is 4.09. The van der Waals surface area contributed by atoms with Crippen molar-refractivity contribution in [3.8, 4) is 17.0 Å². The number of methoxy groups -OCH3 is 1. The molecular weight excluding hydrogens is 232 g/mol. The van der Waals surface area contributed by atoms with Gasteiger partial charge in [0.05, 0.1) is 12.8 Å². The van der Waals surface area contributed by atoms with Crippen molar-refractivity contribution in [2.24, 2.45) is 0 Å². The van der Waals surface area contributed by atoms with Crippen LogP contribution in [0.2, 0.25) is 0 Å². The number of aromatic nitrogens is 1. The lowest BCUT2D eigenvalue weighted by Crippen LogP contribution is -1.93. The van der Waals surface area contributed by atoms with Crippen molar-refractivity contribution < 1.29 is 4.74 Å². The molecule has 17 heavy (non-hydrogen) atoms. The number of nitrogens with two attached hydrogens (primary N) is 1. The zero-order valence-corrected chi connectivity index (χ0v) is 11.3. The third-order valence-corrected chi connectivity index (χ3v) is 3.68. The third kappa shape index (κ3) is 2.13. The monoisotopic (exact) mass is 248 g/mol. The Balaban J connectivity index is 2.66. The number of ether oxygens (including phenoxy) is 1. The Kier molecular flexibility index (Phi) is 3.07. The minimum absolute atomic E-state index is 0.595. The standard InChI is InChI=1S/C13H16N2OS/c1-7-5-10(11(16-4)6-8(7)2)12-9(3)17-13(14)15-12/h5-6H,1-4H3,(H2,14,15). The normalized spacial score (nSPS) is 10.6. The van der Waals surface area contributed by atoms with E-state index in [1.807, 2.05) is 13.0 Å². The van der Waals surface area contributed by atoms with Crippen LogP contribution in [0.4, 0.5) is 5.13 Å². The SMILES string of the molecule is COc1cc(C)c(C)cc1-c1nc(N)sc1C. The van der Waals surface area contributed by atoms with Gasteiger partial charge >= 0.3 is 0 Å². The fourth-order valence-corrected chi connectivity index (χ4v) is 2.51. The smallest absolute Gasteiger partial charge is 0.180 e. The maximum absolute atomic E-state index is 5.74. The van der Waals surface area contributed by atoms with E-state index in [9.17, 15) is 0 Å². The lowest BCUT2D eigenvalue weighted by Gasteiger charge is -2.10. The van der Waals surface area contributed by atoms with Gasteiger partial charge in [-0.1, -0.05) is 0 Å². The fourth-order valence-electron chi connectivity index (χ4n) is 1.81. The molecule has 0 radical (unpaired) electrons. The third-order valence-electron chi connectivity index (χ3n) is 2.88. The highest BCUT2D eigenvalue weighted by atomic mass is 32.1. The number of aryl methyl sites for hydroxylation is 3. The molecule has 3 nitrogen and oxygen atoms in total. The van der Waals surface area contributed by atoms with Crippen LogP contribution >= 0.6 is 11.3 Å². The van der Waals surface area contributed by atoms with Gasteiger partial charge in [-0.2, -0.15) is 0 Å². The molecule has 0 spiro atoms. The molecule has 2 N–H and O–H groups in total. The zero-order valence-electron chi connectivity index (χ0n) is 10.5. The number of anilines is 1. The van der Waals surface area contributed by atoms with Gasteiger partial charge in [-0.25, -0.2) is 4.98 Å². The van der Waals surface area contributed by atoms with E-state index in [-0.39, 0.29) is 0 Å². The second kappa shape index (κ2) is 4.37. The van der Waals surface area contributed by atoms with E-state index in [0.29, 0.717) is 5.13 Å². The van der Waals surface area contributed by atoms with Crippen molar-refractivity contribution >= 4 is 16.5 Å². The van der Waals surface area contributed by atoms with Crippen molar-refractivity contribution in [3.63, 3.8) is 0 Å². The van der Waals surface area contributed by atoms with Gasteiger partial charge in [0.1, 0.15) is 5.75 Å². The van der Waals surface area contributed by atoms with Gasteiger partial charge in [0.2, 0.25) is 0 Å². The van der Waals surface area contributed by atoms with Crippen LogP contribution in [0.3, 0.4) is 0 Å². The Morgan fingerprint density at radius 3 is 2.35 bits per heavy atom. The van der Waals surface area contributed by atoms with E-state index in [0.717, 1.165) is 21.9 Å². The Bertz CT molecular complexity index is 561. The van der Waals surface area contributed by atoms with E-state index in [1.54, 1.807) is 7.11 Å². The molecule has 1 heterocycles. The summed E-state index contributed by atoms with van der Waals surface area (Å²) in [6.45, 7) is 6.19. The van der Waals surface area contributed by atoms with Gasteiger partial charge in [-0.3, -0.25) is 0 Å². The number of nitrogens with zero attached hydrogens (tertiary/aromatic N) is 1. The molecule has 2 aromatic rings. The largest absolute Gasteiger partial charge is 0.496 e. The van der Waals surface area contributed by atoms with Crippen LogP contribution in [0.25, 0.3) is 11.3 Å². The number of hydrogen-bond donors (Lipinski definition) is 1. The molecule has 0 amide bonds. The van der Waals surface area contributed by atoms with Crippen molar-refractivity contribution in [2.45, 2.75) is 20.8 Å². The minimum atomic E-state index is 0.595. The molecular formula is C13H16N2OS. The number of thiazole rings is 1. The first kappa shape index (κ1) is 11.9. The molecule has 0 aliphatic rings. The Labute approximate surface area is 105 Å². The Morgan fingerprint density at radius 2 is 1.82 bits per heavy atom. The van der Waals surface area contributed by atoms with Gasteiger partial charge < -0.3 is 10.5 Å². The van der Waals surface area contributed by atoms with Gasteiger partial charge in [0.25, 0.3) is 0 Å². The summed E-state index contributed by atoms with van der Waals surface area (Å²) in [6.07, 6.45) is 0. The van der Waals surface area contributed by atoms with E-state index >= 15 is 0 Å². The van der Waals surface area contributed by atoms with Crippen molar-refractivity contribution in [2.75, 3.05) is 12.8 Å². The molecule has 4 heteroatoms. The summed E-state index contributed by atoms with van der Waals surface area (Å²) in [5, 5.41) is 0.595.